The van der Waals surface area contributed by atoms with Crippen molar-refractivity contribution in [3.63, 3.8) is 0 Å². The smallest absolute Gasteiger partial charge is 0.166 e. The molecule has 0 bridgehead atoms. The molecule has 0 unspecified atom stereocenters. The number of para-hydroxylation sites is 1. The van der Waals surface area contributed by atoms with E-state index in [1.807, 2.05) is 30.3 Å². The summed E-state index contributed by atoms with van der Waals surface area (Å²) in [7, 11) is 0. The molecule has 1 saturated heterocycles. The highest BCUT2D eigenvalue weighted by molar-refractivity contribution is 9.10. The van der Waals surface area contributed by atoms with E-state index in [0.29, 0.717) is 6.61 Å². The van der Waals surface area contributed by atoms with Crippen LogP contribution in [-0.2, 0) is 17.7 Å². The van der Waals surface area contributed by atoms with E-state index >= 15 is 0 Å². The summed E-state index contributed by atoms with van der Waals surface area (Å²) in [5.74, 6) is 0.907. The second-order valence-electron chi connectivity index (χ2n) is 8.65. The highest BCUT2D eigenvalue weighted by atomic mass is 79.9. The van der Waals surface area contributed by atoms with E-state index in [9.17, 15) is 4.79 Å². The van der Waals surface area contributed by atoms with Gasteiger partial charge in [0.05, 0.1) is 31.0 Å². The highest BCUT2D eigenvalue weighted by Crippen LogP contribution is 2.32. The monoisotopic (exact) mass is 520 g/mol. The predicted molar refractivity (Wildman–Crippen MR) is 140 cm³/mol. The molecule has 4 aromatic rings. The number of ether oxygens (including phenoxy) is 2. The Balaban J connectivity index is 1.34. The zero-order valence-corrected chi connectivity index (χ0v) is 20.8. The van der Waals surface area contributed by atoms with Crippen LogP contribution in [-0.4, -0.2) is 55.2 Å². The number of fused-ring (bicyclic) bond motifs is 2. The summed E-state index contributed by atoms with van der Waals surface area (Å²) in [5, 5.41) is 3.45. The Hall–Kier alpha value is -2.67. The van der Waals surface area contributed by atoms with E-state index < -0.39 is 0 Å². The lowest BCUT2D eigenvalue weighted by molar-refractivity contribution is 0.0364. The minimum absolute atomic E-state index is 0.598. The minimum atomic E-state index is 0.598. The molecule has 0 atom stereocenters. The van der Waals surface area contributed by atoms with Crippen LogP contribution >= 0.6 is 15.9 Å². The van der Waals surface area contributed by atoms with Gasteiger partial charge in [-0.25, -0.2) is 0 Å². The van der Waals surface area contributed by atoms with Crippen LogP contribution in [0.5, 0.6) is 5.75 Å². The summed E-state index contributed by atoms with van der Waals surface area (Å²) in [5.41, 5.74) is 2.98. The van der Waals surface area contributed by atoms with Gasteiger partial charge in [-0.05, 0) is 51.9 Å². The van der Waals surface area contributed by atoms with E-state index in [1.54, 1.807) is 0 Å². The van der Waals surface area contributed by atoms with Gasteiger partial charge in [0.2, 0.25) is 0 Å². The van der Waals surface area contributed by atoms with Crippen LogP contribution in [0.1, 0.15) is 22.5 Å². The lowest BCUT2D eigenvalue weighted by atomic mass is 10.1. The Morgan fingerprint density at radius 1 is 0.941 bits per heavy atom. The fraction of sp³-hybridized carbons (Fsp3) is 0.321. The maximum absolute atomic E-state index is 12.3. The quantitative estimate of drug-likeness (QED) is 0.209. The third-order valence-corrected chi connectivity index (χ3v) is 7.26. The lowest BCUT2D eigenvalue weighted by Gasteiger charge is -2.27. The SMILES string of the molecule is O=Cc1c(CCCOc2cccc3ccccc23)c2cccc(Br)c2n1CCN1CCOCC1. The molecule has 0 aliphatic carbocycles. The highest BCUT2D eigenvalue weighted by Gasteiger charge is 2.19. The minimum Gasteiger partial charge on any atom is -0.493 e. The van der Waals surface area contributed by atoms with Crippen molar-refractivity contribution < 1.29 is 14.3 Å². The number of rotatable bonds is 9. The van der Waals surface area contributed by atoms with Crippen molar-refractivity contribution in [3.05, 3.63) is 76.4 Å². The van der Waals surface area contributed by atoms with Crippen LogP contribution in [0.15, 0.2) is 65.1 Å². The van der Waals surface area contributed by atoms with Crippen LogP contribution < -0.4 is 4.74 Å². The van der Waals surface area contributed by atoms with Crippen LogP contribution in [0.4, 0.5) is 0 Å². The van der Waals surface area contributed by atoms with Crippen LogP contribution in [0.3, 0.4) is 0 Å². The molecule has 0 amide bonds. The molecule has 2 heterocycles. The third kappa shape index (κ3) is 4.76. The summed E-state index contributed by atoms with van der Waals surface area (Å²) >= 11 is 3.73. The van der Waals surface area contributed by atoms with Gasteiger partial charge in [-0.15, -0.1) is 0 Å². The van der Waals surface area contributed by atoms with Gasteiger partial charge in [0.25, 0.3) is 0 Å². The molecule has 0 spiro atoms. The molecule has 176 valence electrons. The Bertz CT molecular complexity index is 1290. The zero-order chi connectivity index (χ0) is 23.3. The van der Waals surface area contributed by atoms with Crippen molar-refractivity contribution in [1.29, 1.82) is 0 Å². The molecule has 1 fully saturated rings. The summed E-state index contributed by atoms with van der Waals surface area (Å²) in [6.45, 7) is 5.71. The fourth-order valence-corrected chi connectivity index (χ4v) is 5.48. The molecular formula is C28H29BrN2O3. The standard InChI is InChI=1S/C28H29BrN2O3/c29-25-11-4-9-24-23(10-5-17-34-27-12-3-7-21-6-1-2-8-22(21)27)26(20-32)31(28(24)25)14-13-30-15-18-33-19-16-30/h1-4,6-9,11-12,20H,5,10,13-19H2. The van der Waals surface area contributed by atoms with Crippen LogP contribution in [0.2, 0.25) is 0 Å². The predicted octanol–water partition coefficient (Wildman–Crippen LogP) is 5.71. The molecule has 3 aromatic carbocycles. The van der Waals surface area contributed by atoms with Crippen molar-refractivity contribution >= 4 is 43.9 Å². The number of benzene rings is 3. The maximum Gasteiger partial charge on any atom is 0.166 e. The van der Waals surface area contributed by atoms with Crippen molar-refractivity contribution in [2.75, 3.05) is 39.5 Å². The Labute approximate surface area is 208 Å². The number of hydrogen-bond donors (Lipinski definition) is 0. The Morgan fingerprint density at radius 3 is 2.56 bits per heavy atom. The number of halogens is 1. The molecule has 0 N–H and O–H groups in total. The number of aryl methyl sites for hydroxylation is 1. The average molecular weight is 521 g/mol. The third-order valence-electron chi connectivity index (χ3n) is 6.62. The lowest BCUT2D eigenvalue weighted by Crippen LogP contribution is -2.38. The fourth-order valence-electron chi connectivity index (χ4n) is 4.90. The largest absolute Gasteiger partial charge is 0.493 e. The zero-order valence-electron chi connectivity index (χ0n) is 19.2. The van der Waals surface area contributed by atoms with Crippen molar-refractivity contribution in [1.82, 2.24) is 9.47 Å². The molecule has 1 aliphatic heterocycles. The van der Waals surface area contributed by atoms with Gasteiger partial charge in [-0.2, -0.15) is 0 Å². The first kappa shape index (κ1) is 23.1. The Morgan fingerprint density at radius 2 is 1.71 bits per heavy atom. The second kappa shape index (κ2) is 10.7. The number of nitrogens with zero attached hydrogens (tertiary/aromatic N) is 2. The molecule has 6 heteroatoms. The second-order valence-corrected chi connectivity index (χ2v) is 9.51. The van der Waals surface area contributed by atoms with E-state index in [4.69, 9.17) is 9.47 Å². The molecule has 1 aromatic heterocycles. The Kier molecular flexibility index (Phi) is 7.28. The average Bonchev–Trinajstić information content (AvgIpc) is 3.19. The molecule has 0 radical (unpaired) electrons. The van der Waals surface area contributed by atoms with Crippen molar-refractivity contribution in [2.45, 2.75) is 19.4 Å². The van der Waals surface area contributed by atoms with Gasteiger partial charge in [0, 0.05) is 41.4 Å². The van der Waals surface area contributed by atoms with E-state index in [2.05, 4.69) is 55.7 Å². The molecule has 5 rings (SSSR count). The number of carbonyl (C=O) groups excluding carboxylic acids is 1. The maximum atomic E-state index is 12.3. The van der Waals surface area contributed by atoms with E-state index in [-0.39, 0.29) is 0 Å². The molecule has 34 heavy (non-hydrogen) atoms. The summed E-state index contributed by atoms with van der Waals surface area (Å²) in [6.07, 6.45) is 2.64. The molecule has 1 aliphatic rings. The number of morpholine rings is 1. The normalized spacial score (nSPS) is 14.6. The first-order chi connectivity index (χ1) is 16.8. The molecule has 0 saturated carbocycles. The number of aromatic nitrogens is 1. The summed E-state index contributed by atoms with van der Waals surface area (Å²) < 4.78 is 14.8. The first-order valence-corrected chi connectivity index (χ1v) is 12.7. The van der Waals surface area contributed by atoms with Gasteiger partial charge in [-0.3, -0.25) is 9.69 Å². The van der Waals surface area contributed by atoms with Gasteiger partial charge < -0.3 is 14.0 Å². The van der Waals surface area contributed by atoms with Crippen molar-refractivity contribution in [3.8, 4) is 5.75 Å². The van der Waals surface area contributed by atoms with Gasteiger partial charge in [0.15, 0.2) is 6.29 Å². The topological polar surface area (TPSA) is 43.7 Å². The van der Waals surface area contributed by atoms with Crippen LogP contribution in [0, 0.1) is 0 Å². The van der Waals surface area contributed by atoms with Gasteiger partial charge in [-0.1, -0.05) is 48.5 Å². The number of carbonyl (C=O) groups is 1. The molecular weight excluding hydrogens is 492 g/mol. The van der Waals surface area contributed by atoms with Gasteiger partial charge in [0.1, 0.15) is 5.75 Å². The number of aldehydes is 1. The van der Waals surface area contributed by atoms with E-state index in [1.165, 1.54) is 5.39 Å². The first-order valence-electron chi connectivity index (χ1n) is 11.9. The molecule has 5 nitrogen and oxygen atoms in total. The summed E-state index contributed by atoms with van der Waals surface area (Å²) in [6, 6.07) is 20.6. The number of hydrogen-bond acceptors (Lipinski definition) is 4. The van der Waals surface area contributed by atoms with E-state index in [0.717, 1.165) is 96.3 Å². The van der Waals surface area contributed by atoms with Crippen LogP contribution in [0.25, 0.3) is 21.7 Å². The van der Waals surface area contributed by atoms with Crippen molar-refractivity contribution in [2.24, 2.45) is 0 Å². The van der Waals surface area contributed by atoms with Gasteiger partial charge >= 0.3 is 0 Å². The summed E-state index contributed by atoms with van der Waals surface area (Å²) in [4.78, 5) is 14.7.